The maximum Gasteiger partial charge on any atom is 0.345 e. The third-order valence-electron chi connectivity index (χ3n) is 2.91. The highest BCUT2D eigenvalue weighted by molar-refractivity contribution is 6.11. The topological polar surface area (TPSA) is 72.9 Å². The number of morpholine rings is 1. The van der Waals surface area contributed by atoms with Gasteiger partial charge in [-0.3, -0.25) is 14.5 Å². The van der Waals surface area contributed by atoms with Crippen molar-refractivity contribution in [3.63, 3.8) is 0 Å². The number of rotatable bonds is 4. The van der Waals surface area contributed by atoms with Crippen LogP contribution in [0, 0.1) is 0 Å². The van der Waals surface area contributed by atoms with Crippen molar-refractivity contribution in [3.8, 4) is 0 Å². The van der Waals surface area contributed by atoms with Gasteiger partial charge in [0.05, 0.1) is 13.2 Å². The number of carbonyl (C=O) groups excluding carboxylic acids is 3. The largest absolute Gasteiger partial charge is 0.459 e. The Kier molecular flexibility index (Phi) is 4.84. The van der Waals surface area contributed by atoms with Gasteiger partial charge >= 0.3 is 5.97 Å². The van der Waals surface area contributed by atoms with E-state index in [4.69, 9.17) is 9.47 Å². The summed E-state index contributed by atoms with van der Waals surface area (Å²) in [6.45, 7) is 3.60. The van der Waals surface area contributed by atoms with Crippen LogP contribution in [0.1, 0.15) is 10.4 Å². The van der Waals surface area contributed by atoms with E-state index >= 15 is 0 Å². The van der Waals surface area contributed by atoms with Gasteiger partial charge in [-0.15, -0.1) is 0 Å². The molecule has 0 spiro atoms. The number of nitrogens with zero attached hydrogens (tertiary/aromatic N) is 1. The van der Waals surface area contributed by atoms with Gasteiger partial charge in [-0.25, -0.2) is 4.79 Å². The van der Waals surface area contributed by atoms with Crippen LogP contribution in [0.2, 0.25) is 0 Å². The predicted molar refractivity (Wildman–Crippen MR) is 73.4 cm³/mol. The second kappa shape index (κ2) is 6.81. The van der Waals surface area contributed by atoms with Crippen molar-refractivity contribution in [1.29, 1.82) is 0 Å². The van der Waals surface area contributed by atoms with Gasteiger partial charge in [0.15, 0.2) is 0 Å². The molecule has 2 amide bonds. The molecule has 2 rings (SSSR count). The number of hydrogen-bond donors (Lipinski definition) is 0. The number of benzene rings is 1. The van der Waals surface area contributed by atoms with Gasteiger partial charge in [0.1, 0.15) is 6.61 Å². The van der Waals surface area contributed by atoms with Gasteiger partial charge in [-0.05, 0) is 12.1 Å². The zero-order chi connectivity index (χ0) is 15.2. The first-order valence-electron chi connectivity index (χ1n) is 6.45. The maximum atomic E-state index is 12.3. The van der Waals surface area contributed by atoms with Gasteiger partial charge < -0.3 is 9.47 Å². The molecule has 1 heterocycles. The highest BCUT2D eigenvalue weighted by atomic mass is 16.6. The number of hydrogen-bond acceptors (Lipinski definition) is 5. The number of esters is 1. The van der Waals surface area contributed by atoms with E-state index in [0.29, 0.717) is 5.56 Å². The molecule has 1 atom stereocenters. The fourth-order valence-electron chi connectivity index (χ4n) is 1.91. The third-order valence-corrected chi connectivity index (χ3v) is 2.91. The normalized spacial score (nSPS) is 18.2. The lowest BCUT2D eigenvalue weighted by Crippen LogP contribution is -2.53. The summed E-state index contributed by atoms with van der Waals surface area (Å²) in [6, 6.07) is 8.39. The van der Waals surface area contributed by atoms with Crippen LogP contribution in [-0.4, -0.2) is 48.5 Å². The quantitative estimate of drug-likeness (QED) is 0.354. The van der Waals surface area contributed by atoms with Crippen molar-refractivity contribution < 1.29 is 23.9 Å². The summed E-state index contributed by atoms with van der Waals surface area (Å²) in [6.07, 6.45) is -0.00989. The summed E-state index contributed by atoms with van der Waals surface area (Å²) in [5.41, 5.74) is 0.381. The Hall–Kier alpha value is -2.47. The molecule has 0 N–H and O–H groups in total. The molecule has 1 aliphatic heterocycles. The molecule has 1 saturated heterocycles. The third kappa shape index (κ3) is 3.35. The number of imide groups is 1. The minimum absolute atomic E-state index is 0.0153. The lowest BCUT2D eigenvalue weighted by molar-refractivity contribution is -0.169. The van der Waals surface area contributed by atoms with Gasteiger partial charge in [0, 0.05) is 5.56 Å². The lowest BCUT2D eigenvalue weighted by Gasteiger charge is -2.29. The zero-order valence-electron chi connectivity index (χ0n) is 11.4. The van der Waals surface area contributed by atoms with Crippen molar-refractivity contribution in [3.05, 3.63) is 48.6 Å². The molecule has 0 saturated carbocycles. The van der Waals surface area contributed by atoms with Gasteiger partial charge in [0.25, 0.3) is 11.8 Å². The Labute approximate surface area is 121 Å². The summed E-state index contributed by atoms with van der Waals surface area (Å²) in [5.74, 6) is -1.97. The first-order valence-corrected chi connectivity index (χ1v) is 6.45. The Balaban J connectivity index is 2.11. The van der Waals surface area contributed by atoms with E-state index in [1.165, 1.54) is 6.08 Å². The molecule has 1 aromatic rings. The molecule has 6 nitrogen and oxygen atoms in total. The Morgan fingerprint density at radius 3 is 2.76 bits per heavy atom. The Bertz CT molecular complexity index is 554. The molecule has 6 heteroatoms. The highest BCUT2D eigenvalue weighted by Gasteiger charge is 2.39. The Morgan fingerprint density at radius 2 is 2.10 bits per heavy atom. The van der Waals surface area contributed by atoms with Gasteiger partial charge in [-0.2, -0.15) is 0 Å². The maximum absolute atomic E-state index is 12.3. The zero-order valence-corrected chi connectivity index (χ0v) is 11.4. The lowest BCUT2D eigenvalue weighted by atomic mass is 10.1. The van der Waals surface area contributed by atoms with E-state index in [1.54, 1.807) is 30.3 Å². The number of amides is 2. The molecule has 1 unspecified atom stereocenters. The summed E-state index contributed by atoms with van der Waals surface area (Å²) in [4.78, 5) is 37.2. The molecule has 21 heavy (non-hydrogen) atoms. The van der Waals surface area contributed by atoms with E-state index in [1.807, 2.05) is 0 Å². The summed E-state index contributed by atoms with van der Waals surface area (Å²) in [5, 5.41) is 0. The average molecular weight is 289 g/mol. The predicted octanol–water partition coefficient (Wildman–Crippen LogP) is 0.783. The second-order valence-electron chi connectivity index (χ2n) is 4.33. The van der Waals surface area contributed by atoms with Crippen molar-refractivity contribution in [2.75, 3.05) is 19.8 Å². The SMILES string of the molecule is C=CCOC(=O)C1OCCN(C(=O)c2ccccc2)C1=O. The molecule has 1 fully saturated rings. The summed E-state index contributed by atoms with van der Waals surface area (Å²) in [7, 11) is 0. The molecule has 1 aromatic carbocycles. The minimum atomic E-state index is -1.40. The molecular formula is C15H15NO5. The number of carbonyl (C=O) groups is 3. The van der Waals surface area contributed by atoms with Crippen LogP contribution in [0.3, 0.4) is 0 Å². The second-order valence-corrected chi connectivity index (χ2v) is 4.33. The standard InChI is InChI=1S/C15H15NO5/c1-2-9-21-15(19)12-14(18)16(8-10-20-12)13(17)11-6-4-3-5-7-11/h2-7,12H,1,8-10H2. The van der Waals surface area contributed by atoms with E-state index in [9.17, 15) is 14.4 Å². The molecular weight excluding hydrogens is 274 g/mol. The van der Waals surface area contributed by atoms with Crippen molar-refractivity contribution in [2.45, 2.75) is 6.10 Å². The van der Waals surface area contributed by atoms with Gasteiger partial charge in [0.2, 0.25) is 6.10 Å². The van der Waals surface area contributed by atoms with Crippen LogP contribution < -0.4 is 0 Å². The first-order chi connectivity index (χ1) is 10.1. The van der Waals surface area contributed by atoms with E-state index in [0.717, 1.165) is 4.90 Å². The average Bonchev–Trinajstić information content (AvgIpc) is 2.53. The Morgan fingerprint density at radius 1 is 1.38 bits per heavy atom. The van der Waals surface area contributed by atoms with Crippen LogP contribution in [0.25, 0.3) is 0 Å². The van der Waals surface area contributed by atoms with E-state index in [2.05, 4.69) is 6.58 Å². The number of ether oxygens (including phenoxy) is 2. The smallest absolute Gasteiger partial charge is 0.345 e. The highest BCUT2D eigenvalue weighted by Crippen LogP contribution is 2.13. The molecule has 1 aliphatic rings. The monoisotopic (exact) mass is 289 g/mol. The fraction of sp³-hybridized carbons (Fsp3) is 0.267. The fourth-order valence-corrected chi connectivity index (χ4v) is 1.91. The summed E-state index contributed by atoms with van der Waals surface area (Å²) < 4.78 is 9.91. The van der Waals surface area contributed by atoms with Crippen LogP contribution in [0.4, 0.5) is 0 Å². The van der Waals surface area contributed by atoms with E-state index in [-0.39, 0.29) is 19.8 Å². The van der Waals surface area contributed by atoms with Crippen molar-refractivity contribution in [2.24, 2.45) is 0 Å². The van der Waals surface area contributed by atoms with Crippen molar-refractivity contribution >= 4 is 17.8 Å². The molecule has 0 aliphatic carbocycles. The molecule has 110 valence electrons. The van der Waals surface area contributed by atoms with Crippen LogP contribution in [-0.2, 0) is 19.1 Å². The van der Waals surface area contributed by atoms with E-state index < -0.39 is 23.9 Å². The first kappa shape index (κ1) is 14.9. The van der Waals surface area contributed by atoms with Crippen LogP contribution in [0.15, 0.2) is 43.0 Å². The molecule has 0 aromatic heterocycles. The van der Waals surface area contributed by atoms with Crippen LogP contribution in [0.5, 0.6) is 0 Å². The summed E-state index contributed by atoms with van der Waals surface area (Å²) >= 11 is 0. The minimum Gasteiger partial charge on any atom is -0.459 e. The van der Waals surface area contributed by atoms with Crippen LogP contribution >= 0.6 is 0 Å². The van der Waals surface area contributed by atoms with Gasteiger partial charge in [-0.1, -0.05) is 30.9 Å². The van der Waals surface area contributed by atoms with Crippen molar-refractivity contribution in [1.82, 2.24) is 4.90 Å². The molecule has 0 radical (unpaired) electrons. The molecule has 0 bridgehead atoms.